The third kappa shape index (κ3) is 28.8. The molecule has 260 valence electrons. The molecule has 0 aromatic heterocycles. The fourth-order valence-corrected chi connectivity index (χ4v) is 6.90. The lowest BCUT2D eigenvalue weighted by Crippen LogP contribution is -2.21. The van der Waals surface area contributed by atoms with Crippen molar-refractivity contribution in [3.05, 3.63) is 0 Å². The highest BCUT2D eigenvalue weighted by Gasteiger charge is 2.25. The summed E-state index contributed by atoms with van der Waals surface area (Å²) in [4.78, 5) is 0. The molecule has 42 heavy (non-hydrogen) atoms. The highest BCUT2D eigenvalue weighted by atomic mass is 14.3. The van der Waals surface area contributed by atoms with Gasteiger partial charge in [0.1, 0.15) is 0 Å². The van der Waals surface area contributed by atoms with Crippen molar-refractivity contribution in [1.82, 2.24) is 0 Å². The van der Waals surface area contributed by atoms with E-state index in [2.05, 4.69) is 90.0 Å². The van der Waals surface area contributed by atoms with Crippen molar-refractivity contribution in [3.8, 4) is 0 Å². The van der Waals surface area contributed by atoms with Crippen molar-refractivity contribution in [2.24, 2.45) is 41.4 Å². The fraction of sp³-hybridized carbons (Fsp3) is 1.00. The molecule has 0 nitrogen and oxygen atoms in total. The van der Waals surface area contributed by atoms with Crippen LogP contribution < -0.4 is 0 Å². The summed E-state index contributed by atoms with van der Waals surface area (Å²) in [5.41, 5.74) is 0. The first-order valence-corrected chi connectivity index (χ1v) is 19.8. The van der Waals surface area contributed by atoms with Gasteiger partial charge in [-0.2, -0.15) is 0 Å². The van der Waals surface area contributed by atoms with Gasteiger partial charge in [0.25, 0.3) is 0 Å². The molecule has 0 bridgehead atoms. The van der Waals surface area contributed by atoms with Gasteiger partial charge in [-0.15, -0.1) is 0 Å². The summed E-state index contributed by atoms with van der Waals surface area (Å²) in [7, 11) is 0. The van der Waals surface area contributed by atoms with Crippen molar-refractivity contribution in [1.29, 1.82) is 0 Å². The highest BCUT2D eigenvalue weighted by molar-refractivity contribution is 4.77. The standard InChI is InChI=1S/C16H32.C15H32.C7H16.C3H8.CH4/c1-5-13-9-14(6-2)11-16(8-4)12-15(7-3)10-13;1-6-13(7-2)11-15(10-5)12-14(8-3)9-4;1-3-5-7-6-4-2;1-3-2;/h13-16H,5-12H2,1-4H3;13-15H,6-12H2,1-5H3;3-7H2,1-2H3;3H2,1-2H3;1H4. The van der Waals surface area contributed by atoms with Crippen molar-refractivity contribution < 1.29 is 0 Å². The first-order chi connectivity index (χ1) is 19.8. The number of hydrogen-bond donors (Lipinski definition) is 0. The van der Waals surface area contributed by atoms with Gasteiger partial charge < -0.3 is 0 Å². The van der Waals surface area contributed by atoms with E-state index >= 15 is 0 Å². The van der Waals surface area contributed by atoms with Crippen molar-refractivity contribution >= 4 is 0 Å². The smallest absolute Gasteiger partial charge is 0.0412 e. The van der Waals surface area contributed by atoms with E-state index in [0.29, 0.717) is 0 Å². The molecule has 0 heteroatoms. The maximum atomic E-state index is 2.39. The van der Waals surface area contributed by atoms with Gasteiger partial charge in [0, 0.05) is 0 Å². The summed E-state index contributed by atoms with van der Waals surface area (Å²) in [6.07, 6.45) is 29.8. The molecule has 0 spiro atoms. The average Bonchev–Trinajstić information content (AvgIpc) is 2.99. The van der Waals surface area contributed by atoms with Crippen LogP contribution in [0, 0.1) is 41.4 Å². The molecule has 0 amide bonds. The zero-order valence-corrected chi connectivity index (χ0v) is 31.9. The summed E-state index contributed by atoms with van der Waals surface area (Å²) in [6, 6.07) is 0. The van der Waals surface area contributed by atoms with Crippen LogP contribution in [0.4, 0.5) is 0 Å². The minimum atomic E-state index is 0. The second-order valence-corrected chi connectivity index (χ2v) is 13.9. The number of unbranched alkanes of at least 4 members (excludes halogenated alkanes) is 4. The summed E-state index contributed by atoms with van der Waals surface area (Å²) < 4.78 is 0. The van der Waals surface area contributed by atoms with Crippen LogP contribution in [0.5, 0.6) is 0 Å². The molecule has 0 unspecified atom stereocenters. The Balaban J connectivity index is -0.000000258. The Morgan fingerprint density at radius 1 is 0.381 bits per heavy atom. The number of hydrogen-bond acceptors (Lipinski definition) is 0. The van der Waals surface area contributed by atoms with Gasteiger partial charge in [-0.3, -0.25) is 0 Å². The SMILES string of the molecule is C.CCC.CCC(CC)CC(CC)CC(CC)CC.CCC1CC(CC)CC(CC)CC(CC)C1.CCCCCCC. The largest absolute Gasteiger partial charge is 0.0776 e. The second kappa shape index (κ2) is 37.2. The average molecular weight is 597 g/mol. The highest BCUT2D eigenvalue weighted by Crippen LogP contribution is 2.38. The summed E-state index contributed by atoms with van der Waals surface area (Å²) in [5, 5.41) is 0. The Kier molecular flexibility index (Phi) is 43.3. The summed E-state index contributed by atoms with van der Waals surface area (Å²) in [5.74, 6) is 7.02. The van der Waals surface area contributed by atoms with Crippen LogP contribution >= 0.6 is 0 Å². The summed E-state index contributed by atoms with van der Waals surface area (Å²) >= 11 is 0. The van der Waals surface area contributed by atoms with E-state index in [1.54, 1.807) is 0 Å². The Hall–Kier alpha value is 0. The molecule has 0 saturated heterocycles. The Morgan fingerprint density at radius 2 is 0.619 bits per heavy atom. The predicted octanol–water partition coefficient (Wildman–Crippen LogP) is 16.4. The molecule has 1 aliphatic rings. The molecule has 1 aliphatic carbocycles. The van der Waals surface area contributed by atoms with Gasteiger partial charge in [-0.05, 0) is 80.0 Å². The molecule has 0 aromatic rings. The van der Waals surface area contributed by atoms with Gasteiger partial charge >= 0.3 is 0 Å². The van der Waals surface area contributed by atoms with Crippen molar-refractivity contribution in [2.45, 2.75) is 232 Å². The molecule has 1 saturated carbocycles. The Morgan fingerprint density at radius 3 is 0.786 bits per heavy atom. The fourth-order valence-electron chi connectivity index (χ4n) is 6.90. The van der Waals surface area contributed by atoms with E-state index in [1.807, 2.05) is 0 Å². The molecule has 0 atom stereocenters. The lowest BCUT2D eigenvalue weighted by Gasteiger charge is -2.33. The zero-order chi connectivity index (χ0) is 31.9. The topological polar surface area (TPSA) is 0 Å². The molecule has 0 radical (unpaired) electrons. The van der Waals surface area contributed by atoms with E-state index in [-0.39, 0.29) is 7.43 Å². The molecule has 1 rings (SSSR count). The van der Waals surface area contributed by atoms with E-state index < -0.39 is 0 Å². The van der Waals surface area contributed by atoms with Crippen LogP contribution in [0.25, 0.3) is 0 Å². The number of rotatable bonds is 17. The van der Waals surface area contributed by atoms with Crippen LogP contribution in [0.15, 0.2) is 0 Å². The van der Waals surface area contributed by atoms with E-state index in [4.69, 9.17) is 0 Å². The van der Waals surface area contributed by atoms with E-state index in [1.165, 1.54) is 135 Å². The first kappa shape index (κ1) is 48.9. The van der Waals surface area contributed by atoms with E-state index in [0.717, 1.165) is 41.4 Å². The molecule has 0 aromatic carbocycles. The van der Waals surface area contributed by atoms with Crippen LogP contribution in [0.1, 0.15) is 232 Å². The van der Waals surface area contributed by atoms with Crippen LogP contribution in [-0.4, -0.2) is 0 Å². The normalized spacial score (nSPS) is 20.3. The van der Waals surface area contributed by atoms with Gasteiger partial charge in [0.15, 0.2) is 0 Å². The maximum absolute atomic E-state index is 2.39. The maximum Gasteiger partial charge on any atom is -0.0412 e. The minimum Gasteiger partial charge on any atom is -0.0776 e. The van der Waals surface area contributed by atoms with Gasteiger partial charge in [-0.25, -0.2) is 0 Å². The predicted molar refractivity (Wildman–Crippen MR) is 202 cm³/mol. The van der Waals surface area contributed by atoms with Crippen LogP contribution in [0.2, 0.25) is 0 Å². The van der Waals surface area contributed by atoms with E-state index in [9.17, 15) is 0 Å². The lowest BCUT2D eigenvalue weighted by molar-refractivity contribution is 0.183. The molecule has 1 fully saturated rings. The third-order valence-corrected chi connectivity index (χ3v) is 10.4. The van der Waals surface area contributed by atoms with Crippen molar-refractivity contribution in [3.63, 3.8) is 0 Å². The van der Waals surface area contributed by atoms with Gasteiger partial charge in [0.2, 0.25) is 0 Å². The Labute approximate surface area is 273 Å². The molecular formula is C42H92. The summed E-state index contributed by atoms with van der Waals surface area (Å²) in [6.45, 7) is 30.1. The quantitative estimate of drug-likeness (QED) is 0.146. The first-order valence-electron chi connectivity index (χ1n) is 19.8. The van der Waals surface area contributed by atoms with Crippen LogP contribution in [0.3, 0.4) is 0 Å². The lowest BCUT2D eigenvalue weighted by atomic mass is 9.72. The molecular weight excluding hydrogens is 504 g/mol. The second-order valence-electron chi connectivity index (χ2n) is 13.9. The minimum absolute atomic E-state index is 0. The van der Waals surface area contributed by atoms with Crippen molar-refractivity contribution in [2.75, 3.05) is 0 Å². The van der Waals surface area contributed by atoms with Crippen LogP contribution in [-0.2, 0) is 0 Å². The van der Waals surface area contributed by atoms with Gasteiger partial charge in [0.05, 0.1) is 0 Å². The molecule has 0 aliphatic heterocycles. The monoisotopic (exact) mass is 597 g/mol. The molecule has 0 heterocycles. The third-order valence-electron chi connectivity index (χ3n) is 10.4. The van der Waals surface area contributed by atoms with Gasteiger partial charge in [-0.1, -0.05) is 194 Å². The molecule has 0 N–H and O–H groups in total. The zero-order valence-electron chi connectivity index (χ0n) is 31.9. The Bertz CT molecular complexity index is 379.